The van der Waals surface area contributed by atoms with Gasteiger partial charge in [0.15, 0.2) is 0 Å². The molecule has 0 bridgehead atoms. The van der Waals surface area contributed by atoms with Crippen LogP contribution in [0.4, 0.5) is 4.39 Å². The molecule has 1 atom stereocenters. The Kier molecular flexibility index (Phi) is 4.49. The highest BCUT2D eigenvalue weighted by molar-refractivity contribution is 9.10. The van der Waals surface area contributed by atoms with Gasteiger partial charge in [0.25, 0.3) is 0 Å². The molecule has 1 N–H and O–H groups in total. The number of rotatable bonds is 4. The van der Waals surface area contributed by atoms with Crippen LogP contribution < -0.4 is 0 Å². The molecule has 1 unspecified atom stereocenters. The highest BCUT2D eigenvalue weighted by atomic mass is 79.9. The zero-order chi connectivity index (χ0) is 14.7. The highest BCUT2D eigenvalue weighted by Gasteiger charge is 2.24. The zero-order valence-electron chi connectivity index (χ0n) is 10.8. The van der Waals surface area contributed by atoms with Gasteiger partial charge in [-0.05, 0) is 58.6 Å². The van der Waals surface area contributed by atoms with Gasteiger partial charge in [-0.1, -0.05) is 12.1 Å². The van der Waals surface area contributed by atoms with Crippen molar-refractivity contribution in [2.45, 2.75) is 19.3 Å². The van der Waals surface area contributed by atoms with Crippen molar-refractivity contribution >= 4 is 21.9 Å². The minimum atomic E-state index is -0.979. The maximum atomic E-state index is 13.2. The van der Waals surface area contributed by atoms with Crippen molar-refractivity contribution in [3.05, 3.63) is 63.6 Å². The molecule has 0 spiro atoms. The van der Waals surface area contributed by atoms with Gasteiger partial charge in [0.1, 0.15) is 11.7 Å². The molecule has 0 aliphatic carbocycles. The number of carboxylic acids is 1. The zero-order valence-corrected chi connectivity index (χ0v) is 12.4. The summed E-state index contributed by atoms with van der Waals surface area (Å²) in [4.78, 5) is 15.7. The van der Waals surface area contributed by atoms with E-state index in [0.717, 1.165) is 5.56 Å². The molecule has 0 saturated heterocycles. The molecule has 1 aromatic carbocycles. The third-order valence-electron chi connectivity index (χ3n) is 3.07. The number of nitrogens with zero attached hydrogens (tertiary/aromatic N) is 1. The summed E-state index contributed by atoms with van der Waals surface area (Å²) >= 11 is 3.38. The van der Waals surface area contributed by atoms with Gasteiger partial charge >= 0.3 is 5.97 Å². The van der Waals surface area contributed by atoms with E-state index in [2.05, 4.69) is 20.9 Å². The third-order valence-corrected chi connectivity index (χ3v) is 4.10. The first kappa shape index (κ1) is 14.7. The van der Waals surface area contributed by atoms with E-state index in [4.69, 9.17) is 0 Å². The summed E-state index contributed by atoms with van der Waals surface area (Å²) in [7, 11) is 0. The number of pyridine rings is 1. The maximum absolute atomic E-state index is 13.2. The first-order valence-corrected chi connectivity index (χ1v) is 6.86. The van der Waals surface area contributed by atoms with Crippen LogP contribution in [0.2, 0.25) is 0 Å². The van der Waals surface area contributed by atoms with Crippen molar-refractivity contribution < 1.29 is 14.3 Å². The second kappa shape index (κ2) is 6.13. The highest BCUT2D eigenvalue weighted by Crippen LogP contribution is 2.28. The molecule has 0 fully saturated rings. The lowest BCUT2D eigenvalue weighted by Crippen LogP contribution is -2.17. The van der Waals surface area contributed by atoms with Crippen LogP contribution >= 0.6 is 15.9 Å². The van der Waals surface area contributed by atoms with Crippen molar-refractivity contribution in [2.24, 2.45) is 0 Å². The SMILES string of the molecule is Cc1ccnc(C(Cc2cccc(F)c2)C(=O)O)c1Br. The first-order valence-electron chi connectivity index (χ1n) is 6.07. The van der Waals surface area contributed by atoms with Gasteiger partial charge in [0.05, 0.1) is 5.69 Å². The number of aliphatic carboxylic acids is 1. The van der Waals surface area contributed by atoms with E-state index in [9.17, 15) is 14.3 Å². The number of hydrogen-bond donors (Lipinski definition) is 1. The molecular weight excluding hydrogens is 325 g/mol. The molecule has 0 radical (unpaired) electrons. The number of aromatic nitrogens is 1. The second-order valence-corrected chi connectivity index (χ2v) is 5.34. The van der Waals surface area contributed by atoms with Gasteiger partial charge in [-0.15, -0.1) is 0 Å². The summed E-state index contributed by atoms with van der Waals surface area (Å²) in [5.41, 5.74) is 2.01. The Morgan fingerprint density at radius 1 is 1.45 bits per heavy atom. The maximum Gasteiger partial charge on any atom is 0.312 e. The lowest BCUT2D eigenvalue weighted by Gasteiger charge is -2.14. The molecule has 1 heterocycles. The van der Waals surface area contributed by atoms with Gasteiger partial charge in [-0.2, -0.15) is 0 Å². The normalized spacial score (nSPS) is 12.2. The number of halogens is 2. The summed E-state index contributed by atoms with van der Waals surface area (Å²) in [6, 6.07) is 7.76. The number of hydrogen-bond acceptors (Lipinski definition) is 2. The van der Waals surface area contributed by atoms with Crippen LogP contribution in [-0.4, -0.2) is 16.1 Å². The molecule has 2 aromatic rings. The van der Waals surface area contributed by atoms with Crippen LogP contribution in [0.3, 0.4) is 0 Å². The summed E-state index contributed by atoms with van der Waals surface area (Å²) in [6.07, 6.45) is 1.78. The third kappa shape index (κ3) is 3.22. The van der Waals surface area contributed by atoms with Gasteiger partial charge in [0, 0.05) is 10.7 Å². The van der Waals surface area contributed by atoms with E-state index < -0.39 is 11.9 Å². The average Bonchev–Trinajstić information content (AvgIpc) is 2.39. The van der Waals surface area contributed by atoms with Gasteiger partial charge < -0.3 is 5.11 Å². The van der Waals surface area contributed by atoms with E-state index in [1.165, 1.54) is 12.1 Å². The molecule has 20 heavy (non-hydrogen) atoms. The fourth-order valence-corrected chi connectivity index (χ4v) is 2.52. The van der Waals surface area contributed by atoms with Crippen molar-refractivity contribution in [2.75, 3.05) is 0 Å². The Labute approximate surface area is 124 Å². The molecule has 0 aliphatic rings. The number of aryl methyl sites for hydroxylation is 1. The van der Waals surface area contributed by atoms with Crippen LogP contribution in [0.5, 0.6) is 0 Å². The molecule has 0 saturated carbocycles. The minimum absolute atomic E-state index is 0.197. The lowest BCUT2D eigenvalue weighted by atomic mass is 9.95. The molecule has 5 heteroatoms. The van der Waals surface area contributed by atoms with Crippen molar-refractivity contribution in [1.82, 2.24) is 4.98 Å². The van der Waals surface area contributed by atoms with E-state index in [-0.39, 0.29) is 12.2 Å². The molecule has 2 rings (SSSR count). The van der Waals surface area contributed by atoms with Crippen LogP contribution in [0, 0.1) is 12.7 Å². The second-order valence-electron chi connectivity index (χ2n) is 4.55. The monoisotopic (exact) mass is 337 g/mol. The Bertz CT molecular complexity index is 646. The quantitative estimate of drug-likeness (QED) is 0.925. The molecule has 0 aliphatic heterocycles. The number of carboxylic acid groups (broad SMARTS) is 1. The Morgan fingerprint density at radius 2 is 2.20 bits per heavy atom. The summed E-state index contributed by atoms with van der Waals surface area (Å²) in [5, 5.41) is 9.42. The average molecular weight is 338 g/mol. The predicted octanol–water partition coefficient (Wildman–Crippen LogP) is 3.70. The fraction of sp³-hybridized carbons (Fsp3) is 0.200. The summed E-state index contributed by atoms with van der Waals surface area (Å²) in [5.74, 6) is -2.16. The Balaban J connectivity index is 2.37. The Hall–Kier alpha value is -1.75. The van der Waals surface area contributed by atoms with E-state index >= 15 is 0 Å². The van der Waals surface area contributed by atoms with Crippen LogP contribution in [-0.2, 0) is 11.2 Å². The van der Waals surface area contributed by atoms with Gasteiger partial charge in [-0.25, -0.2) is 4.39 Å². The molecule has 1 aromatic heterocycles. The van der Waals surface area contributed by atoms with Crippen LogP contribution in [0.1, 0.15) is 22.7 Å². The minimum Gasteiger partial charge on any atom is -0.481 e. The van der Waals surface area contributed by atoms with Crippen molar-refractivity contribution in [1.29, 1.82) is 0 Å². The molecular formula is C15H13BrFNO2. The van der Waals surface area contributed by atoms with Crippen LogP contribution in [0.25, 0.3) is 0 Å². The standard InChI is InChI=1S/C15H13BrFNO2/c1-9-5-6-18-14(13(9)16)12(15(19)20)8-10-3-2-4-11(17)7-10/h2-7,12H,8H2,1H3,(H,19,20). The van der Waals surface area contributed by atoms with Crippen molar-refractivity contribution in [3.63, 3.8) is 0 Å². The topological polar surface area (TPSA) is 50.2 Å². The number of carbonyl (C=O) groups is 1. The summed E-state index contributed by atoms with van der Waals surface area (Å²) in [6.45, 7) is 1.87. The summed E-state index contributed by atoms with van der Waals surface area (Å²) < 4.78 is 13.9. The molecule has 104 valence electrons. The first-order chi connectivity index (χ1) is 9.49. The predicted molar refractivity (Wildman–Crippen MR) is 77.2 cm³/mol. The Morgan fingerprint density at radius 3 is 2.85 bits per heavy atom. The van der Waals surface area contributed by atoms with Crippen molar-refractivity contribution in [3.8, 4) is 0 Å². The largest absolute Gasteiger partial charge is 0.481 e. The van der Waals surface area contributed by atoms with Gasteiger partial charge in [0.2, 0.25) is 0 Å². The fourth-order valence-electron chi connectivity index (χ4n) is 2.00. The van der Waals surface area contributed by atoms with E-state index in [0.29, 0.717) is 15.7 Å². The lowest BCUT2D eigenvalue weighted by molar-refractivity contribution is -0.138. The van der Waals surface area contributed by atoms with E-state index in [1.807, 2.05) is 6.92 Å². The van der Waals surface area contributed by atoms with Gasteiger partial charge in [-0.3, -0.25) is 9.78 Å². The molecule has 0 amide bonds. The number of benzene rings is 1. The smallest absolute Gasteiger partial charge is 0.312 e. The van der Waals surface area contributed by atoms with Crippen LogP contribution in [0.15, 0.2) is 41.0 Å². The van der Waals surface area contributed by atoms with E-state index in [1.54, 1.807) is 24.4 Å². The molecule has 3 nitrogen and oxygen atoms in total.